The van der Waals surface area contributed by atoms with Crippen molar-refractivity contribution in [2.24, 2.45) is 0 Å². The fourth-order valence-electron chi connectivity index (χ4n) is 2.49. The topological polar surface area (TPSA) is 29.9 Å². The monoisotopic (exact) mass is 245 g/mol. The molecule has 0 spiro atoms. The Bertz CT molecular complexity index is 497. The lowest BCUT2D eigenvalue weighted by Crippen LogP contribution is -2.24. The first-order chi connectivity index (χ1) is 8.80. The van der Waals surface area contributed by atoms with Crippen LogP contribution in [-0.4, -0.2) is 22.9 Å². The minimum Gasteiger partial charge on any atom is -0.317 e. The molecule has 0 amide bonds. The van der Waals surface area contributed by atoms with Gasteiger partial charge in [-0.05, 0) is 39.3 Å². The summed E-state index contributed by atoms with van der Waals surface area (Å²) in [5, 5.41) is 9.40. The number of benzene rings is 1. The molecule has 0 saturated heterocycles. The van der Waals surface area contributed by atoms with Gasteiger partial charge < -0.3 is 5.32 Å². The molecule has 0 aliphatic carbocycles. The van der Waals surface area contributed by atoms with Crippen molar-refractivity contribution in [3.63, 3.8) is 0 Å². The molecule has 2 aromatic rings. The van der Waals surface area contributed by atoms with Crippen LogP contribution in [0, 0.1) is 0 Å². The van der Waals surface area contributed by atoms with Gasteiger partial charge in [0.1, 0.15) is 0 Å². The predicted octanol–water partition coefficient (Wildman–Crippen LogP) is 2.99. The highest BCUT2D eigenvalue weighted by molar-refractivity contribution is 5.81. The number of hydrogen-bond donors (Lipinski definition) is 1. The molecule has 1 N–H and O–H groups in total. The Morgan fingerprint density at radius 1 is 1.28 bits per heavy atom. The summed E-state index contributed by atoms with van der Waals surface area (Å²) in [6.07, 6.45) is 3.37. The lowest BCUT2D eigenvalue weighted by molar-refractivity contribution is 0.504. The van der Waals surface area contributed by atoms with Crippen LogP contribution < -0.4 is 5.32 Å². The number of nitrogens with one attached hydrogen (secondary N) is 1. The average Bonchev–Trinajstić information content (AvgIpc) is 2.78. The molecule has 0 aliphatic rings. The van der Waals surface area contributed by atoms with E-state index in [0.29, 0.717) is 6.04 Å². The molecule has 98 valence electrons. The zero-order valence-electron chi connectivity index (χ0n) is 11.6. The van der Waals surface area contributed by atoms with E-state index in [1.165, 1.54) is 23.0 Å². The number of para-hydroxylation sites is 1. The third-order valence-electron chi connectivity index (χ3n) is 3.66. The van der Waals surface area contributed by atoms with E-state index in [0.717, 1.165) is 19.4 Å². The van der Waals surface area contributed by atoms with Gasteiger partial charge in [0.05, 0.1) is 11.2 Å². The smallest absolute Gasteiger partial charge is 0.0703 e. The van der Waals surface area contributed by atoms with Crippen molar-refractivity contribution in [1.29, 1.82) is 0 Å². The molecular weight excluding hydrogens is 222 g/mol. The van der Waals surface area contributed by atoms with E-state index in [2.05, 4.69) is 48.1 Å². The zero-order chi connectivity index (χ0) is 13.0. The Morgan fingerprint density at radius 2 is 2.06 bits per heavy atom. The van der Waals surface area contributed by atoms with Gasteiger partial charge >= 0.3 is 0 Å². The van der Waals surface area contributed by atoms with E-state index in [9.17, 15) is 0 Å². The molecule has 1 aromatic heterocycles. The van der Waals surface area contributed by atoms with Crippen LogP contribution >= 0.6 is 0 Å². The van der Waals surface area contributed by atoms with E-state index in [4.69, 9.17) is 5.10 Å². The van der Waals surface area contributed by atoms with Crippen LogP contribution in [0.25, 0.3) is 10.9 Å². The number of aromatic nitrogens is 2. The summed E-state index contributed by atoms with van der Waals surface area (Å²) in [5.41, 5.74) is 2.49. The highest BCUT2D eigenvalue weighted by Crippen LogP contribution is 2.20. The molecule has 0 saturated carbocycles. The van der Waals surface area contributed by atoms with Crippen molar-refractivity contribution in [1.82, 2.24) is 15.1 Å². The number of hydrogen-bond acceptors (Lipinski definition) is 2. The van der Waals surface area contributed by atoms with Gasteiger partial charge in [-0.15, -0.1) is 0 Å². The minimum atomic E-state index is 0.593. The Kier molecular flexibility index (Phi) is 4.37. The van der Waals surface area contributed by atoms with Gasteiger partial charge in [-0.1, -0.05) is 25.1 Å². The van der Waals surface area contributed by atoms with Crippen LogP contribution in [0.5, 0.6) is 0 Å². The summed E-state index contributed by atoms with van der Waals surface area (Å²) in [4.78, 5) is 0. The molecule has 0 radical (unpaired) electrons. The van der Waals surface area contributed by atoms with E-state index in [1.807, 2.05) is 7.05 Å². The summed E-state index contributed by atoms with van der Waals surface area (Å²) in [6, 6.07) is 9.12. The standard InChI is InChI=1S/C15H23N3/c1-4-12(16-3)10-11-14-13-8-6-7-9-15(13)18(5-2)17-14/h6-9,12,16H,4-5,10-11H2,1-3H3. The number of rotatable bonds is 6. The molecule has 0 aliphatic heterocycles. The van der Waals surface area contributed by atoms with Gasteiger partial charge in [-0.3, -0.25) is 4.68 Å². The quantitative estimate of drug-likeness (QED) is 0.848. The van der Waals surface area contributed by atoms with Crippen molar-refractivity contribution in [3.05, 3.63) is 30.0 Å². The van der Waals surface area contributed by atoms with Gasteiger partial charge in [0, 0.05) is 18.0 Å². The van der Waals surface area contributed by atoms with Gasteiger partial charge in [-0.2, -0.15) is 5.10 Å². The summed E-state index contributed by atoms with van der Waals surface area (Å²) < 4.78 is 2.10. The Labute approximate surface area is 109 Å². The lowest BCUT2D eigenvalue weighted by Gasteiger charge is -2.12. The molecule has 1 heterocycles. The van der Waals surface area contributed by atoms with Crippen LogP contribution in [-0.2, 0) is 13.0 Å². The van der Waals surface area contributed by atoms with E-state index in [-0.39, 0.29) is 0 Å². The van der Waals surface area contributed by atoms with E-state index in [1.54, 1.807) is 0 Å². The Hall–Kier alpha value is -1.35. The highest BCUT2D eigenvalue weighted by atomic mass is 15.3. The van der Waals surface area contributed by atoms with Crippen molar-refractivity contribution in [2.75, 3.05) is 7.05 Å². The van der Waals surface area contributed by atoms with Crippen LogP contribution in [0.2, 0.25) is 0 Å². The van der Waals surface area contributed by atoms with E-state index < -0.39 is 0 Å². The van der Waals surface area contributed by atoms with Crippen molar-refractivity contribution < 1.29 is 0 Å². The largest absolute Gasteiger partial charge is 0.317 e. The zero-order valence-corrected chi connectivity index (χ0v) is 11.6. The predicted molar refractivity (Wildman–Crippen MR) is 76.9 cm³/mol. The average molecular weight is 245 g/mol. The molecule has 1 unspecified atom stereocenters. The highest BCUT2D eigenvalue weighted by Gasteiger charge is 2.10. The fraction of sp³-hybridized carbons (Fsp3) is 0.533. The number of aryl methyl sites for hydroxylation is 2. The van der Waals surface area contributed by atoms with Crippen molar-refractivity contribution in [2.45, 2.75) is 45.7 Å². The van der Waals surface area contributed by atoms with Gasteiger partial charge in [0.2, 0.25) is 0 Å². The van der Waals surface area contributed by atoms with Crippen LogP contribution in [0.4, 0.5) is 0 Å². The molecule has 2 rings (SSSR count). The normalized spacial score (nSPS) is 13.1. The van der Waals surface area contributed by atoms with Gasteiger partial charge in [-0.25, -0.2) is 0 Å². The third kappa shape index (κ3) is 2.56. The summed E-state index contributed by atoms with van der Waals surface area (Å²) in [6.45, 7) is 5.30. The SMILES string of the molecule is CCC(CCc1nn(CC)c2ccccc12)NC. The van der Waals surface area contributed by atoms with Gasteiger partial charge in [0.15, 0.2) is 0 Å². The first-order valence-corrected chi connectivity index (χ1v) is 6.91. The van der Waals surface area contributed by atoms with E-state index >= 15 is 0 Å². The first-order valence-electron chi connectivity index (χ1n) is 6.91. The molecule has 3 heteroatoms. The third-order valence-corrected chi connectivity index (χ3v) is 3.66. The van der Waals surface area contributed by atoms with Crippen LogP contribution in [0.15, 0.2) is 24.3 Å². The molecule has 3 nitrogen and oxygen atoms in total. The van der Waals surface area contributed by atoms with Gasteiger partial charge in [0.25, 0.3) is 0 Å². The maximum absolute atomic E-state index is 4.74. The van der Waals surface area contributed by atoms with Crippen LogP contribution in [0.1, 0.15) is 32.4 Å². The van der Waals surface area contributed by atoms with Crippen molar-refractivity contribution in [3.8, 4) is 0 Å². The molecule has 1 atom stereocenters. The molecule has 1 aromatic carbocycles. The number of fused-ring (bicyclic) bond motifs is 1. The summed E-state index contributed by atoms with van der Waals surface area (Å²) >= 11 is 0. The second-order valence-electron chi connectivity index (χ2n) is 4.71. The maximum Gasteiger partial charge on any atom is 0.0703 e. The Balaban J connectivity index is 2.22. The maximum atomic E-state index is 4.74. The first kappa shape index (κ1) is 13.1. The second-order valence-corrected chi connectivity index (χ2v) is 4.71. The number of nitrogens with zero attached hydrogens (tertiary/aromatic N) is 2. The molecule has 18 heavy (non-hydrogen) atoms. The fourth-order valence-corrected chi connectivity index (χ4v) is 2.49. The van der Waals surface area contributed by atoms with Crippen molar-refractivity contribution >= 4 is 10.9 Å². The minimum absolute atomic E-state index is 0.593. The molecule has 0 fully saturated rings. The lowest BCUT2D eigenvalue weighted by atomic mass is 10.1. The summed E-state index contributed by atoms with van der Waals surface area (Å²) in [5.74, 6) is 0. The molecular formula is C15H23N3. The Morgan fingerprint density at radius 3 is 2.72 bits per heavy atom. The molecule has 0 bridgehead atoms. The second kappa shape index (κ2) is 6.01. The van der Waals surface area contributed by atoms with Crippen LogP contribution in [0.3, 0.4) is 0 Å². The summed E-state index contributed by atoms with van der Waals surface area (Å²) in [7, 11) is 2.04.